The zero-order chi connectivity index (χ0) is 21.5. The summed E-state index contributed by atoms with van der Waals surface area (Å²) >= 11 is 0. The molecule has 1 aromatic heterocycles. The molecule has 2 aliphatic rings. The highest BCUT2D eigenvalue weighted by Gasteiger charge is 2.30. The molecule has 1 aromatic carbocycles. The maximum atomic E-state index is 13.1. The first kappa shape index (κ1) is 21.6. The molecule has 31 heavy (non-hydrogen) atoms. The number of H-pyrrole nitrogens is 1. The quantitative estimate of drug-likeness (QED) is 0.608. The van der Waals surface area contributed by atoms with Crippen LogP contribution < -0.4 is 10.6 Å². The molecule has 1 saturated carbocycles. The van der Waals surface area contributed by atoms with E-state index in [-0.39, 0.29) is 23.8 Å². The summed E-state index contributed by atoms with van der Waals surface area (Å²) in [7, 11) is 0. The van der Waals surface area contributed by atoms with Crippen LogP contribution in [0.25, 0.3) is 0 Å². The van der Waals surface area contributed by atoms with Gasteiger partial charge in [0, 0.05) is 49.9 Å². The number of carbonyl (C=O) groups excluding carboxylic acids is 2. The Balaban J connectivity index is 1.33. The summed E-state index contributed by atoms with van der Waals surface area (Å²) in [6.07, 6.45) is 9.88. The van der Waals surface area contributed by atoms with Crippen LogP contribution in [0.1, 0.15) is 49.8 Å². The molecule has 2 amide bonds. The third-order valence-corrected chi connectivity index (χ3v) is 6.46. The van der Waals surface area contributed by atoms with Gasteiger partial charge in [0.15, 0.2) is 0 Å². The van der Waals surface area contributed by atoms with Crippen molar-refractivity contribution in [3.05, 3.63) is 54.1 Å². The Labute approximate surface area is 184 Å². The van der Waals surface area contributed by atoms with E-state index in [2.05, 4.69) is 49.8 Å². The minimum absolute atomic E-state index is 0.0106. The second-order valence-corrected chi connectivity index (χ2v) is 8.89. The highest BCUT2D eigenvalue weighted by Crippen LogP contribution is 2.24. The average Bonchev–Trinajstić information content (AvgIpc) is 3.47. The van der Waals surface area contributed by atoms with Gasteiger partial charge in [-0.3, -0.25) is 14.5 Å². The summed E-state index contributed by atoms with van der Waals surface area (Å²) in [5, 5.41) is 6.22. The van der Waals surface area contributed by atoms with Crippen LogP contribution in [0, 0.1) is 5.92 Å². The van der Waals surface area contributed by atoms with E-state index in [4.69, 9.17) is 0 Å². The van der Waals surface area contributed by atoms with Gasteiger partial charge in [0.1, 0.15) is 6.04 Å². The molecule has 7 heteroatoms. The van der Waals surface area contributed by atoms with Crippen LogP contribution in [-0.2, 0) is 22.6 Å². The number of nitrogens with zero attached hydrogens (tertiary/aromatic N) is 2. The molecule has 0 unspecified atom stereocenters. The molecule has 0 radical (unpaired) electrons. The molecular formula is C24H33N5O2. The van der Waals surface area contributed by atoms with Crippen molar-refractivity contribution in [2.24, 2.45) is 5.92 Å². The Hall–Kier alpha value is -2.67. The fraction of sp³-hybridized carbons (Fsp3) is 0.542. The topological polar surface area (TPSA) is 90.1 Å². The maximum absolute atomic E-state index is 13.1. The number of aromatic amines is 1. The number of imidazole rings is 1. The Morgan fingerprint density at radius 1 is 1.13 bits per heavy atom. The molecule has 0 bridgehead atoms. The molecular weight excluding hydrogens is 390 g/mol. The van der Waals surface area contributed by atoms with E-state index in [1.165, 1.54) is 12.0 Å². The van der Waals surface area contributed by atoms with Crippen molar-refractivity contribution in [1.29, 1.82) is 0 Å². The number of carbonyl (C=O) groups is 2. The summed E-state index contributed by atoms with van der Waals surface area (Å²) in [6, 6.07) is 9.92. The first-order valence-electron chi connectivity index (χ1n) is 11.5. The summed E-state index contributed by atoms with van der Waals surface area (Å²) in [6.45, 7) is 2.68. The van der Waals surface area contributed by atoms with Crippen LogP contribution in [-0.4, -0.2) is 51.9 Å². The van der Waals surface area contributed by atoms with Crippen molar-refractivity contribution in [3.8, 4) is 0 Å². The van der Waals surface area contributed by atoms with Gasteiger partial charge in [0.25, 0.3) is 0 Å². The minimum atomic E-state index is -0.585. The number of rotatable bonds is 8. The van der Waals surface area contributed by atoms with E-state index in [9.17, 15) is 9.59 Å². The van der Waals surface area contributed by atoms with Gasteiger partial charge in [-0.15, -0.1) is 0 Å². The summed E-state index contributed by atoms with van der Waals surface area (Å²) in [5.41, 5.74) is 2.13. The van der Waals surface area contributed by atoms with Crippen molar-refractivity contribution >= 4 is 11.8 Å². The maximum Gasteiger partial charge on any atom is 0.243 e. The standard InChI is InChI=1S/C24H33N5O2/c30-23(19-9-5-2-6-10-19)28-22(13-21-14-25-17-26-21)24(31)27-20-11-12-29(16-20)15-18-7-3-1-4-8-18/h1,3-4,7-8,14,17,19-20,22H,2,5-6,9-13,15-16H2,(H,25,26)(H,27,31)(H,28,30)/t20-,22-/m0/s1. The Morgan fingerprint density at radius 2 is 1.94 bits per heavy atom. The number of hydrogen-bond acceptors (Lipinski definition) is 4. The fourth-order valence-electron chi connectivity index (χ4n) is 4.72. The van der Waals surface area contributed by atoms with Gasteiger partial charge >= 0.3 is 0 Å². The largest absolute Gasteiger partial charge is 0.350 e. The third-order valence-electron chi connectivity index (χ3n) is 6.46. The van der Waals surface area contributed by atoms with Gasteiger partial charge in [-0.1, -0.05) is 49.6 Å². The molecule has 2 aromatic rings. The van der Waals surface area contributed by atoms with E-state index in [1.807, 2.05) is 6.07 Å². The molecule has 166 valence electrons. The Morgan fingerprint density at radius 3 is 2.68 bits per heavy atom. The van der Waals surface area contributed by atoms with E-state index in [1.54, 1.807) is 12.5 Å². The predicted molar refractivity (Wildman–Crippen MR) is 119 cm³/mol. The van der Waals surface area contributed by atoms with Crippen LogP contribution in [0.4, 0.5) is 0 Å². The number of likely N-dealkylation sites (tertiary alicyclic amines) is 1. The number of hydrogen-bond donors (Lipinski definition) is 3. The van der Waals surface area contributed by atoms with Crippen LogP contribution in [0.5, 0.6) is 0 Å². The lowest BCUT2D eigenvalue weighted by Gasteiger charge is -2.25. The summed E-state index contributed by atoms with van der Waals surface area (Å²) < 4.78 is 0. The second kappa shape index (κ2) is 10.6. The van der Waals surface area contributed by atoms with E-state index in [0.717, 1.165) is 57.4 Å². The van der Waals surface area contributed by atoms with Crippen molar-refractivity contribution < 1.29 is 9.59 Å². The van der Waals surface area contributed by atoms with Gasteiger partial charge in [-0.05, 0) is 24.8 Å². The molecule has 0 spiro atoms. The van der Waals surface area contributed by atoms with Crippen molar-refractivity contribution in [3.63, 3.8) is 0 Å². The predicted octanol–water partition coefficient (Wildman–Crippen LogP) is 2.41. The molecule has 1 aliphatic carbocycles. The zero-order valence-corrected chi connectivity index (χ0v) is 18.1. The molecule has 4 rings (SSSR count). The van der Waals surface area contributed by atoms with Gasteiger partial charge in [-0.25, -0.2) is 4.98 Å². The van der Waals surface area contributed by atoms with Crippen molar-refractivity contribution in [1.82, 2.24) is 25.5 Å². The fourth-order valence-corrected chi connectivity index (χ4v) is 4.72. The van der Waals surface area contributed by atoms with Gasteiger partial charge in [0.05, 0.1) is 6.33 Å². The molecule has 2 atom stereocenters. The monoisotopic (exact) mass is 423 g/mol. The number of benzene rings is 1. The van der Waals surface area contributed by atoms with Gasteiger partial charge in [0.2, 0.25) is 11.8 Å². The van der Waals surface area contributed by atoms with Crippen molar-refractivity contribution in [2.45, 2.75) is 63.6 Å². The van der Waals surface area contributed by atoms with E-state index in [0.29, 0.717) is 6.42 Å². The molecule has 2 fully saturated rings. The normalized spacial score (nSPS) is 21.0. The first-order chi connectivity index (χ1) is 15.2. The Kier molecular flexibility index (Phi) is 7.35. The average molecular weight is 424 g/mol. The van der Waals surface area contributed by atoms with Gasteiger partial charge < -0.3 is 15.6 Å². The molecule has 1 aliphatic heterocycles. The lowest BCUT2D eigenvalue weighted by Crippen LogP contribution is -2.52. The minimum Gasteiger partial charge on any atom is -0.350 e. The van der Waals surface area contributed by atoms with E-state index >= 15 is 0 Å². The second-order valence-electron chi connectivity index (χ2n) is 8.89. The van der Waals surface area contributed by atoms with Gasteiger partial charge in [-0.2, -0.15) is 0 Å². The lowest BCUT2D eigenvalue weighted by atomic mass is 9.88. The highest BCUT2D eigenvalue weighted by atomic mass is 16.2. The van der Waals surface area contributed by atoms with E-state index < -0.39 is 6.04 Å². The van der Waals surface area contributed by atoms with Crippen LogP contribution in [0.3, 0.4) is 0 Å². The molecule has 1 saturated heterocycles. The highest BCUT2D eigenvalue weighted by molar-refractivity contribution is 5.88. The smallest absolute Gasteiger partial charge is 0.243 e. The first-order valence-corrected chi connectivity index (χ1v) is 11.5. The number of nitrogens with one attached hydrogen (secondary N) is 3. The SMILES string of the molecule is O=C(N[C@@H](Cc1cnc[nH]1)C(=O)N[C@H]1CCN(Cc2ccccc2)C1)C1CCCCC1. The van der Waals surface area contributed by atoms with Crippen LogP contribution in [0.2, 0.25) is 0 Å². The van der Waals surface area contributed by atoms with Crippen molar-refractivity contribution in [2.75, 3.05) is 13.1 Å². The molecule has 7 nitrogen and oxygen atoms in total. The molecule has 2 heterocycles. The van der Waals surface area contributed by atoms with Crippen LogP contribution >= 0.6 is 0 Å². The number of amides is 2. The summed E-state index contributed by atoms with van der Waals surface area (Å²) in [4.78, 5) is 35.4. The number of aromatic nitrogens is 2. The lowest BCUT2D eigenvalue weighted by molar-refractivity contribution is -0.132. The Bertz CT molecular complexity index is 833. The third kappa shape index (κ3) is 6.17. The zero-order valence-electron chi connectivity index (χ0n) is 18.1. The summed E-state index contributed by atoms with van der Waals surface area (Å²) in [5.74, 6) is -0.0690. The van der Waals surface area contributed by atoms with Crippen LogP contribution in [0.15, 0.2) is 42.9 Å². The molecule has 3 N–H and O–H groups in total.